The van der Waals surface area contributed by atoms with Crippen LogP contribution in [0.25, 0.3) is 0 Å². The van der Waals surface area contributed by atoms with Crippen LogP contribution < -0.4 is 0 Å². The maximum absolute atomic E-state index is 13.6. The molecule has 118 valence electrons. The third kappa shape index (κ3) is 3.50. The molecule has 0 aliphatic rings. The van der Waals surface area contributed by atoms with Gasteiger partial charge in [0.15, 0.2) is 0 Å². The molecule has 0 aliphatic carbocycles. The van der Waals surface area contributed by atoms with Gasteiger partial charge in [0, 0.05) is 7.05 Å². The summed E-state index contributed by atoms with van der Waals surface area (Å²) in [6.45, 7) is 1.04. The molecule has 0 radical (unpaired) electrons. The summed E-state index contributed by atoms with van der Waals surface area (Å²) in [5.74, 6) is -3.08. The summed E-state index contributed by atoms with van der Waals surface area (Å²) in [6.07, 6.45) is -4.82. The highest BCUT2D eigenvalue weighted by Crippen LogP contribution is 2.31. The van der Waals surface area contributed by atoms with E-state index in [-0.39, 0.29) is 6.07 Å². The lowest BCUT2D eigenvalue weighted by atomic mass is 10.2. The molecule has 1 N–H and O–H groups in total. The normalized spacial score (nSPS) is 14.2. The molecule has 1 atom stereocenters. The fourth-order valence-electron chi connectivity index (χ4n) is 1.41. The number of carboxylic acids is 1. The van der Waals surface area contributed by atoms with E-state index in [9.17, 15) is 30.8 Å². The second-order valence-corrected chi connectivity index (χ2v) is 6.14. The van der Waals surface area contributed by atoms with Crippen LogP contribution in [-0.4, -0.2) is 36.9 Å². The molecule has 5 nitrogen and oxygen atoms in total. The topological polar surface area (TPSA) is 74.7 Å². The minimum atomic E-state index is -4.82. The van der Waals surface area contributed by atoms with E-state index in [0.29, 0.717) is 16.4 Å². The van der Waals surface area contributed by atoms with Crippen molar-refractivity contribution in [1.29, 1.82) is 0 Å². The van der Waals surface area contributed by atoms with Gasteiger partial charge in [0.05, 0.1) is 5.56 Å². The first-order valence-electron chi connectivity index (χ1n) is 5.46. The van der Waals surface area contributed by atoms with Crippen LogP contribution in [0.4, 0.5) is 17.6 Å². The number of carbonyl (C=O) groups is 1. The number of hydrogen-bond donors (Lipinski definition) is 1. The van der Waals surface area contributed by atoms with Gasteiger partial charge in [0.1, 0.15) is 16.8 Å². The summed E-state index contributed by atoms with van der Waals surface area (Å²) < 4.78 is 75.2. The molecule has 0 saturated heterocycles. The van der Waals surface area contributed by atoms with Gasteiger partial charge < -0.3 is 5.11 Å². The fourth-order valence-corrected chi connectivity index (χ4v) is 2.77. The highest BCUT2D eigenvalue weighted by molar-refractivity contribution is 7.89. The number of aliphatic carboxylic acids is 1. The van der Waals surface area contributed by atoms with E-state index in [1.165, 1.54) is 0 Å². The number of rotatable bonds is 4. The average molecular weight is 329 g/mol. The first-order valence-corrected chi connectivity index (χ1v) is 6.90. The van der Waals surface area contributed by atoms with Crippen molar-refractivity contribution < 1.29 is 35.9 Å². The van der Waals surface area contributed by atoms with Crippen molar-refractivity contribution in [3.05, 3.63) is 29.6 Å². The summed E-state index contributed by atoms with van der Waals surface area (Å²) in [6, 6.07) is -0.586. The minimum Gasteiger partial charge on any atom is -0.480 e. The maximum atomic E-state index is 13.6. The van der Waals surface area contributed by atoms with Gasteiger partial charge in [-0.1, -0.05) is 0 Å². The summed E-state index contributed by atoms with van der Waals surface area (Å²) in [4.78, 5) is 9.72. The molecule has 0 bridgehead atoms. The predicted octanol–water partition coefficient (Wildman–Crippen LogP) is 1.94. The summed E-state index contributed by atoms with van der Waals surface area (Å²) in [5.41, 5.74) is -1.34. The second kappa shape index (κ2) is 5.60. The van der Waals surface area contributed by atoms with Gasteiger partial charge >= 0.3 is 12.1 Å². The maximum Gasteiger partial charge on any atom is 0.416 e. The number of benzene rings is 1. The Kier molecular flexibility index (Phi) is 4.63. The first kappa shape index (κ1) is 17.4. The van der Waals surface area contributed by atoms with E-state index in [4.69, 9.17) is 5.11 Å². The molecule has 0 spiro atoms. The van der Waals surface area contributed by atoms with E-state index in [1.54, 1.807) is 0 Å². The molecule has 0 amide bonds. The third-order valence-electron chi connectivity index (χ3n) is 2.82. The number of sulfonamides is 1. The molecule has 21 heavy (non-hydrogen) atoms. The average Bonchev–Trinajstić information content (AvgIpc) is 2.35. The van der Waals surface area contributed by atoms with Crippen molar-refractivity contribution in [2.45, 2.75) is 24.0 Å². The monoisotopic (exact) mass is 329 g/mol. The summed E-state index contributed by atoms with van der Waals surface area (Å²) >= 11 is 0. The molecule has 0 aliphatic heterocycles. The first-order chi connectivity index (χ1) is 9.39. The van der Waals surface area contributed by atoms with Crippen LogP contribution >= 0.6 is 0 Å². The predicted molar refractivity (Wildman–Crippen MR) is 63.4 cm³/mol. The molecule has 1 aromatic rings. The van der Waals surface area contributed by atoms with Crippen molar-refractivity contribution in [3.8, 4) is 0 Å². The molecule has 0 fully saturated rings. The SMILES string of the molecule is CC(C(=O)O)N(C)S(=O)(=O)c1ccc(C(F)(F)F)cc1F. The number of likely N-dealkylation sites (N-methyl/N-ethyl adjacent to an activating group) is 1. The van der Waals surface area contributed by atoms with Gasteiger partial charge in [-0.15, -0.1) is 0 Å². The Morgan fingerprint density at radius 3 is 2.24 bits per heavy atom. The lowest BCUT2D eigenvalue weighted by Crippen LogP contribution is -2.40. The largest absolute Gasteiger partial charge is 0.480 e. The molecule has 0 heterocycles. The zero-order valence-electron chi connectivity index (χ0n) is 10.8. The van der Waals surface area contributed by atoms with E-state index in [1.807, 2.05) is 0 Å². The zero-order valence-corrected chi connectivity index (χ0v) is 11.7. The lowest BCUT2D eigenvalue weighted by Gasteiger charge is -2.21. The summed E-state index contributed by atoms with van der Waals surface area (Å²) in [5, 5.41) is 8.73. The van der Waals surface area contributed by atoms with E-state index >= 15 is 0 Å². The smallest absolute Gasteiger partial charge is 0.416 e. The highest BCUT2D eigenvalue weighted by atomic mass is 32.2. The Morgan fingerprint density at radius 1 is 1.33 bits per heavy atom. The van der Waals surface area contributed by atoms with Crippen LogP contribution in [0.5, 0.6) is 0 Å². The van der Waals surface area contributed by atoms with Crippen molar-refractivity contribution in [1.82, 2.24) is 4.31 Å². The third-order valence-corrected chi connectivity index (χ3v) is 4.78. The molecule has 1 rings (SSSR count). The quantitative estimate of drug-likeness (QED) is 0.857. The molecule has 10 heteroatoms. The number of hydrogen-bond acceptors (Lipinski definition) is 3. The number of carboxylic acid groups (broad SMARTS) is 1. The van der Waals surface area contributed by atoms with Crippen LogP contribution in [0.2, 0.25) is 0 Å². The van der Waals surface area contributed by atoms with Gasteiger partial charge in [0.25, 0.3) is 0 Å². The van der Waals surface area contributed by atoms with Crippen molar-refractivity contribution >= 4 is 16.0 Å². The Hall–Kier alpha value is -1.68. The van der Waals surface area contributed by atoms with Gasteiger partial charge in [0.2, 0.25) is 10.0 Å². The number of alkyl halides is 3. The number of nitrogens with zero attached hydrogens (tertiary/aromatic N) is 1. The minimum absolute atomic E-state index is 0.0478. The summed E-state index contributed by atoms with van der Waals surface area (Å²) in [7, 11) is -3.67. The Morgan fingerprint density at radius 2 is 1.86 bits per heavy atom. The van der Waals surface area contributed by atoms with Gasteiger partial charge in [-0.2, -0.15) is 17.5 Å². The van der Waals surface area contributed by atoms with Crippen LogP contribution in [0, 0.1) is 5.82 Å². The van der Waals surface area contributed by atoms with Crippen LogP contribution in [-0.2, 0) is 21.0 Å². The fraction of sp³-hybridized carbons (Fsp3) is 0.364. The van der Waals surface area contributed by atoms with Gasteiger partial charge in [-0.3, -0.25) is 4.79 Å². The van der Waals surface area contributed by atoms with Crippen LogP contribution in [0.15, 0.2) is 23.1 Å². The highest BCUT2D eigenvalue weighted by Gasteiger charge is 2.35. The van der Waals surface area contributed by atoms with Crippen LogP contribution in [0.3, 0.4) is 0 Å². The standard InChI is InChI=1S/C11H11F4NO4S/c1-6(10(17)18)16(2)21(19,20)9-4-3-7(5-8(9)12)11(13,14)15/h3-6H,1-2H3,(H,17,18). The Balaban J connectivity index is 3.31. The van der Waals surface area contributed by atoms with Crippen molar-refractivity contribution in [3.63, 3.8) is 0 Å². The molecule has 1 unspecified atom stereocenters. The van der Waals surface area contributed by atoms with Gasteiger partial charge in [-0.25, -0.2) is 12.8 Å². The second-order valence-electron chi connectivity index (χ2n) is 4.18. The molecular weight excluding hydrogens is 318 g/mol. The molecule has 0 aromatic heterocycles. The van der Waals surface area contributed by atoms with Crippen molar-refractivity contribution in [2.75, 3.05) is 7.05 Å². The van der Waals surface area contributed by atoms with Crippen molar-refractivity contribution in [2.24, 2.45) is 0 Å². The zero-order chi connectivity index (χ0) is 16.6. The van der Waals surface area contributed by atoms with Crippen LogP contribution in [0.1, 0.15) is 12.5 Å². The van der Waals surface area contributed by atoms with Gasteiger partial charge in [-0.05, 0) is 25.1 Å². The molecule has 0 saturated carbocycles. The molecule has 1 aromatic carbocycles. The Labute approximate surface area is 117 Å². The Bertz CT molecular complexity index is 657. The van der Waals surface area contributed by atoms with E-state index < -0.39 is 44.5 Å². The number of halogens is 4. The van der Waals surface area contributed by atoms with E-state index in [0.717, 1.165) is 14.0 Å². The molecular formula is C11H11F4NO4S. The van der Waals surface area contributed by atoms with E-state index in [2.05, 4.69) is 0 Å². The lowest BCUT2D eigenvalue weighted by molar-refractivity contribution is -0.140.